The molecule has 6 heteroatoms. The van der Waals surface area contributed by atoms with Crippen LogP contribution in [0.4, 0.5) is 5.69 Å². The molecule has 0 bridgehead atoms. The maximum absolute atomic E-state index is 13.1. The van der Waals surface area contributed by atoms with Gasteiger partial charge in [-0.15, -0.1) is 0 Å². The molecular weight excluding hydrogens is 368 g/mol. The zero-order chi connectivity index (χ0) is 20.4. The lowest BCUT2D eigenvalue weighted by Crippen LogP contribution is -2.41. The second-order valence-corrected chi connectivity index (χ2v) is 8.24. The molecular formula is C23H28N2O4. The molecule has 29 heavy (non-hydrogen) atoms. The number of imide groups is 1. The number of hydrogen-bond donors (Lipinski definition) is 0. The first kappa shape index (κ1) is 19.8. The maximum atomic E-state index is 13.1. The Bertz CT molecular complexity index is 801. The molecule has 3 atom stereocenters. The Labute approximate surface area is 171 Å². The van der Waals surface area contributed by atoms with Crippen LogP contribution in [0.2, 0.25) is 0 Å². The predicted molar refractivity (Wildman–Crippen MR) is 109 cm³/mol. The van der Waals surface area contributed by atoms with Crippen LogP contribution in [-0.4, -0.2) is 48.4 Å². The van der Waals surface area contributed by atoms with Gasteiger partial charge in [0, 0.05) is 13.1 Å². The van der Waals surface area contributed by atoms with E-state index in [2.05, 4.69) is 17.1 Å². The summed E-state index contributed by atoms with van der Waals surface area (Å²) in [4.78, 5) is 41.2. The monoisotopic (exact) mass is 396 g/mol. The van der Waals surface area contributed by atoms with E-state index in [1.807, 2.05) is 6.92 Å². The van der Waals surface area contributed by atoms with Crippen LogP contribution in [0, 0.1) is 11.8 Å². The minimum atomic E-state index is -0.379. The SMILES string of the molecule is CCCCOC(=O)c1ccc(N2C(=O)C[C@H](N3C[C@H]4CC=CC[C@H]4C3)C2=O)cc1. The average Bonchev–Trinajstić information content (AvgIpc) is 3.28. The van der Waals surface area contributed by atoms with Crippen LogP contribution < -0.4 is 4.90 Å². The predicted octanol–water partition coefficient (Wildman–Crippen LogP) is 3.17. The molecule has 0 aromatic heterocycles. The number of allylic oxidation sites excluding steroid dienone is 2. The molecule has 1 aliphatic carbocycles. The molecule has 2 heterocycles. The van der Waals surface area contributed by atoms with Crippen molar-refractivity contribution in [1.82, 2.24) is 4.90 Å². The van der Waals surface area contributed by atoms with Crippen molar-refractivity contribution in [1.29, 1.82) is 0 Å². The molecule has 4 rings (SSSR count). The molecule has 0 saturated carbocycles. The molecule has 0 unspecified atom stereocenters. The minimum absolute atomic E-state index is 0.153. The summed E-state index contributed by atoms with van der Waals surface area (Å²) in [7, 11) is 0. The van der Waals surface area contributed by atoms with Crippen molar-refractivity contribution >= 4 is 23.5 Å². The number of amides is 2. The maximum Gasteiger partial charge on any atom is 0.338 e. The number of carbonyl (C=O) groups excluding carboxylic acids is 3. The Morgan fingerprint density at radius 3 is 2.34 bits per heavy atom. The molecule has 2 amide bonds. The molecule has 2 fully saturated rings. The summed E-state index contributed by atoms with van der Waals surface area (Å²) in [5.41, 5.74) is 0.947. The highest BCUT2D eigenvalue weighted by molar-refractivity contribution is 6.22. The highest BCUT2D eigenvalue weighted by atomic mass is 16.5. The van der Waals surface area contributed by atoms with Crippen molar-refractivity contribution in [3.05, 3.63) is 42.0 Å². The summed E-state index contributed by atoms with van der Waals surface area (Å²) in [6.45, 7) is 4.20. The Morgan fingerprint density at radius 1 is 1.07 bits per heavy atom. The number of hydrogen-bond acceptors (Lipinski definition) is 5. The normalized spacial score (nSPS) is 26.8. The number of ether oxygens (including phenoxy) is 1. The number of rotatable bonds is 6. The van der Waals surface area contributed by atoms with Crippen LogP contribution in [0.3, 0.4) is 0 Å². The largest absolute Gasteiger partial charge is 0.462 e. The van der Waals surface area contributed by atoms with Gasteiger partial charge in [-0.25, -0.2) is 9.69 Å². The van der Waals surface area contributed by atoms with Crippen molar-refractivity contribution in [3.63, 3.8) is 0 Å². The van der Waals surface area contributed by atoms with Gasteiger partial charge in [-0.05, 0) is 55.4 Å². The zero-order valence-electron chi connectivity index (χ0n) is 16.9. The topological polar surface area (TPSA) is 66.9 Å². The van der Waals surface area contributed by atoms with E-state index in [4.69, 9.17) is 4.74 Å². The minimum Gasteiger partial charge on any atom is -0.462 e. The number of nitrogens with zero attached hydrogens (tertiary/aromatic N) is 2. The molecule has 3 aliphatic rings. The number of fused-ring (bicyclic) bond motifs is 1. The molecule has 6 nitrogen and oxygen atoms in total. The van der Waals surface area contributed by atoms with Gasteiger partial charge in [0.25, 0.3) is 5.91 Å². The second-order valence-electron chi connectivity index (χ2n) is 8.24. The van der Waals surface area contributed by atoms with E-state index in [0.717, 1.165) is 38.8 Å². The lowest BCUT2D eigenvalue weighted by molar-refractivity contribution is -0.122. The summed E-state index contributed by atoms with van der Waals surface area (Å²) in [6.07, 6.45) is 8.61. The lowest BCUT2D eigenvalue weighted by atomic mass is 9.86. The summed E-state index contributed by atoms with van der Waals surface area (Å²) in [6, 6.07) is 6.18. The number of benzene rings is 1. The van der Waals surface area contributed by atoms with Crippen LogP contribution in [-0.2, 0) is 14.3 Å². The fourth-order valence-electron chi connectivity index (χ4n) is 4.62. The number of likely N-dealkylation sites (tertiary alicyclic amines) is 1. The van der Waals surface area contributed by atoms with E-state index < -0.39 is 0 Å². The molecule has 1 aromatic rings. The number of carbonyl (C=O) groups is 3. The third-order valence-corrected chi connectivity index (χ3v) is 6.30. The smallest absolute Gasteiger partial charge is 0.338 e. The fraction of sp³-hybridized carbons (Fsp3) is 0.522. The molecule has 1 aromatic carbocycles. The molecule has 0 radical (unpaired) electrons. The lowest BCUT2D eigenvalue weighted by Gasteiger charge is -2.22. The Morgan fingerprint density at radius 2 is 1.72 bits per heavy atom. The van der Waals surface area contributed by atoms with Gasteiger partial charge in [0.1, 0.15) is 0 Å². The van der Waals surface area contributed by atoms with Gasteiger partial charge < -0.3 is 4.74 Å². The van der Waals surface area contributed by atoms with Crippen molar-refractivity contribution < 1.29 is 19.1 Å². The van der Waals surface area contributed by atoms with Crippen LogP contribution in [0.25, 0.3) is 0 Å². The van der Waals surface area contributed by atoms with Gasteiger partial charge in [-0.1, -0.05) is 25.5 Å². The second kappa shape index (κ2) is 8.49. The third kappa shape index (κ3) is 3.99. The summed E-state index contributed by atoms with van der Waals surface area (Å²) in [5.74, 6) is 0.478. The van der Waals surface area contributed by atoms with Crippen molar-refractivity contribution in [2.45, 2.75) is 45.1 Å². The first-order valence-electron chi connectivity index (χ1n) is 10.6. The van der Waals surface area contributed by atoms with Crippen LogP contribution in [0.15, 0.2) is 36.4 Å². The summed E-state index contributed by atoms with van der Waals surface area (Å²) >= 11 is 0. The van der Waals surface area contributed by atoms with E-state index in [-0.39, 0.29) is 30.2 Å². The summed E-state index contributed by atoms with van der Waals surface area (Å²) < 4.78 is 5.21. The van der Waals surface area contributed by atoms with Crippen molar-refractivity contribution in [2.24, 2.45) is 11.8 Å². The standard InChI is InChI=1S/C23H28N2O4/c1-2-3-12-29-23(28)16-8-10-19(11-9-16)25-21(26)13-20(22(25)27)24-14-17-6-4-5-7-18(17)15-24/h4-5,8-11,17-18,20H,2-3,6-7,12-15H2,1H3/t17-,18+,20-/m0/s1. The van der Waals surface area contributed by atoms with Crippen LogP contribution >= 0.6 is 0 Å². The van der Waals surface area contributed by atoms with Gasteiger partial charge in [0.15, 0.2) is 0 Å². The molecule has 0 N–H and O–H groups in total. The number of anilines is 1. The number of esters is 1. The summed E-state index contributed by atoms with van der Waals surface area (Å²) in [5, 5.41) is 0. The molecule has 0 spiro atoms. The Balaban J connectivity index is 1.42. The van der Waals surface area contributed by atoms with Crippen LogP contribution in [0.1, 0.15) is 49.4 Å². The van der Waals surface area contributed by atoms with Gasteiger partial charge in [-0.2, -0.15) is 0 Å². The Kier molecular flexibility index (Phi) is 5.81. The van der Waals surface area contributed by atoms with Gasteiger partial charge in [0.2, 0.25) is 5.91 Å². The molecule has 2 aliphatic heterocycles. The van der Waals surface area contributed by atoms with Gasteiger partial charge >= 0.3 is 5.97 Å². The zero-order valence-corrected chi connectivity index (χ0v) is 16.9. The van der Waals surface area contributed by atoms with E-state index in [1.54, 1.807) is 24.3 Å². The average molecular weight is 396 g/mol. The molecule has 154 valence electrons. The van der Waals surface area contributed by atoms with E-state index in [0.29, 0.717) is 29.7 Å². The van der Waals surface area contributed by atoms with E-state index in [9.17, 15) is 14.4 Å². The Hall–Kier alpha value is -2.47. The molecule has 2 saturated heterocycles. The number of unbranched alkanes of at least 4 members (excludes halogenated alkanes) is 1. The highest BCUT2D eigenvalue weighted by Crippen LogP contribution is 2.36. The quantitative estimate of drug-likeness (QED) is 0.320. The van der Waals surface area contributed by atoms with Crippen molar-refractivity contribution in [2.75, 3.05) is 24.6 Å². The van der Waals surface area contributed by atoms with Gasteiger partial charge in [0.05, 0.1) is 30.3 Å². The van der Waals surface area contributed by atoms with E-state index >= 15 is 0 Å². The fourth-order valence-corrected chi connectivity index (χ4v) is 4.62. The van der Waals surface area contributed by atoms with Crippen molar-refractivity contribution in [3.8, 4) is 0 Å². The van der Waals surface area contributed by atoms with Gasteiger partial charge in [-0.3, -0.25) is 14.5 Å². The highest BCUT2D eigenvalue weighted by Gasteiger charge is 2.46. The van der Waals surface area contributed by atoms with E-state index in [1.165, 1.54) is 4.90 Å². The van der Waals surface area contributed by atoms with Crippen LogP contribution in [0.5, 0.6) is 0 Å². The first-order chi connectivity index (χ1) is 14.1. The first-order valence-corrected chi connectivity index (χ1v) is 10.6. The third-order valence-electron chi connectivity index (χ3n) is 6.30.